The van der Waals surface area contributed by atoms with Crippen LogP contribution in [0.2, 0.25) is 0 Å². The molecule has 2 amide bonds. The van der Waals surface area contributed by atoms with Gasteiger partial charge in [-0.25, -0.2) is 14.6 Å². The smallest absolute Gasteiger partial charge is 0.326 e. The van der Waals surface area contributed by atoms with Gasteiger partial charge in [0.15, 0.2) is 0 Å². The number of amides is 2. The maximum absolute atomic E-state index is 12.5. The molecule has 0 bridgehead atoms. The number of hydrogen-bond donors (Lipinski definition) is 2. The van der Waals surface area contributed by atoms with E-state index in [-0.39, 0.29) is 11.9 Å². The fourth-order valence-electron chi connectivity index (χ4n) is 3.30. The fourth-order valence-corrected chi connectivity index (χ4v) is 4.44. The molecule has 7 heteroatoms. The molecule has 1 aliphatic heterocycles. The number of carbonyl (C=O) groups is 2. The molecular formula is C19H25N3O3S. The highest BCUT2D eigenvalue weighted by Crippen LogP contribution is 2.33. The number of urea groups is 1. The minimum atomic E-state index is -0.975. The Bertz CT molecular complexity index is 750. The van der Waals surface area contributed by atoms with E-state index in [4.69, 9.17) is 4.98 Å². The summed E-state index contributed by atoms with van der Waals surface area (Å²) in [5, 5.41) is 13.2. The summed E-state index contributed by atoms with van der Waals surface area (Å²) in [6, 6.07) is 7.01. The second kappa shape index (κ2) is 8.03. The Hall–Kier alpha value is -2.15. The van der Waals surface area contributed by atoms with Crippen molar-refractivity contribution in [3.05, 3.63) is 29.3 Å². The minimum absolute atomic E-state index is 0.100. The Balaban J connectivity index is 1.59. The first kappa shape index (κ1) is 18.6. The number of carboxylic acids is 1. The maximum Gasteiger partial charge on any atom is 0.326 e. The van der Waals surface area contributed by atoms with Gasteiger partial charge in [0.1, 0.15) is 6.04 Å². The normalized spacial score (nSPS) is 17.8. The van der Waals surface area contributed by atoms with Crippen LogP contribution in [0, 0.1) is 5.92 Å². The molecule has 2 aromatic rings. The lowest BCUT2D eigenvalue weighted by atomic mass is 9.97. The van der Waals surface area contributed by atoms with Crippen molar-refractivity contribution in [2.45, 2.75) is 45.1 Å². The number of piperidine rings is 1. The van der Waals surface area contributed by atoms with Crippen molar-refractivity contribution in [1.82, 2.24) is 15.2 Å². The Morgan fingerprint density at radius 3 is 2.65 bits per heavy atom. The molecule has 2 N–H and O–H groups in total. The van der Waals surface area contributed by atoms with Crippen molar-refractivity contribution in [2.24, 2.45) is 5.92 Å². The van der Waals surface area contributed by atoms with Gasteiger partial charge in [-0.05, 0) is 30.9 Å². The van der Waals surface area contributed by atoms with Gasteiger partial charge in [-0.1, -0.05) is 32.4 Å². The van der Waals surface area contributed by atoms with Crippen LogP contribution < -0.4 is 5.32 Å². The highest BCUT2D eigenvalue weighted by atomic mass is 32.1. The molecule has 0 saturated carbocycles. The van der Waals surface area contributed by atoms with Crippen LogP contribution in [0.1, 0.15) is 44.0 Å². The van der Waals surface area contributed by atoms with Gasteiger partial charge in [0, 0.05) is 19.0 Å². The lowest BCUT2D eigenvalue weighted by Gasteiger charge is -2.32. The number of para-hydroxylation sites is 1. The molecular weight excluding hydrogens is 350 g/mol. The summed E-state index contributed by atoms with van der Waals surface area (Å²) in [5.74, 6) is -0.713. The molecule has 0 aliphatic carbocycles. The number of likely N-dealkylation sites (tertiary alicyclic amines) is 1. The number of thiazole rings is 1. The average molecular weight is 375 g/mol. The van der Waals surface area contributed by atoms with E-state index in [0.29, 0.717) is 25.4 Å². The first-order valence-electron chi connectivity index (χ1n) is 9.13. The zero-order valence-electron chi connectivity index (χ0n) is 15.1. The van der Waals surface area contributed by atoms with Crippen LogP contribution in [0.3, 0.4) is 0 Å². The third-order valence-electron chi connectivity index (χ3n) is 5.20. The first-order chi connectivity index (χ1) is 12.5. The average Bonchev–Trinajstić information content (AvgIpc) is 3.09. The summed E-state index contributed by atoms with van der Waals surface area (Å²) >= 11 is 1.73. The summed E-state index contributed by atoms with van der Waals surface area (Å²) in [7, 11) is 0. The third-order valence-corrected chi connectivity index (χ3v) is 6.40. The van der Waals surface area contributed by atoms with E-state index in [1.807, 2.05) is 32.0 Å². The van der Waals surface area contributed by atoms with Crippen molar-refractivity contribution < 1.29 is 14.7 Å². The Labute approximate surface area is 157 Å². The van der Waals surface area contributed by atoms with E-state index < -0.39 is 12.0 Å². The highest BCUT2D eigenvalue weighted by Gasteiger charge is 2.30. The number of benzene rings is 1. The molecule has 1 aromatic carbocycles. The van der Waals surface area contributed by atoms with Crippen LogP contribution in [0.15, 0.2) is 24.3 Å². The highest BCUT2D eigenvalue weighted by molar-refractivity contribution is 7.18. The number of aliphatic carboxylic acids is 1. The van der Waals surface area contributed by atoms with Gasteiger partial charge < -0.3 is 15.3 Å². The molecule has 1 fully saturated rings. The van der Waals surface area contributed by atoms with E-state index in [9.17, 15) is 14.7 Å². The summed E-state index contributed by atoms with van der Waals surface area (Å²) in [5.41, 5.74) is 1.03. The van der Waals surface area contributed by atoms with E-state index in [0.717, 1.165) is 23.4 Å². The molecule has 0 radical (unpaired) electrons. The molecule has 140 valence electrons. The van der Waals surface area contributed by atoms with Crippen LogP contribution in [-0.2, 0) is 4.79 Å². The second-order valence-corrected chi connectivity index (χ2v) is 7.99. The largest absolute Gasteiger partial charge is 0.480 e. The Morgan fingerprint density at radius 1 is 1.35 bits per heavy atom. The van der Waals surface area contributed by atoms with Gasteiger partial charge in [0.25, 0.3) is 0 Å². The second-order valence-electron chi connectivity index (χ2n) is 6.93. The quantitative estimate of drug-likeness (QED) is 0.835. The molecule has 2 heterocycles. The summed E-state index contributed by atoms with van der Waals surface area (Å²) in [4.78, 5) is 30.3. The standard InChI is InChI=1S/C19H25N3O3S/c1-3-12(2)16(18(23)24)21-19(25)22-10-8-13(9-11-22)17-20-14-6-4-5-7-15(14)26-17/h4-7,12-13,16H,3,8-11H2,1-2H3,(H,21,25)(H,23,24)/t12-,16-/m0/s1. The lowest BCUT2D eigenvalue weighted by Crippen LogP contribution is -2.52. The number of carboxylic acid groups (broad SMARTS) is 1. The molecule has 26 heavy (non-hydrogen) atoms. The van der Waals surface area contributed by atoms with E-state index in [1.165, 1.54) is 4.70 Å². The molecule has 2 atom stereocenters. The Kier molecular flexibility index (Phi) is 5.76. The van der Waals surface area contributed by atoms with Crippen molar-refractivity contribution in [3.63, 3.8) is 0 Å². The number of carbonyl (C=O) groups excluding carboxylic acids is 1. The van der Waals surface area contributed by atoms with E-state index in [1.54, 1.807) is 16.2 Å². The molecule has 0 spiro atoms. The van der Waals surface area contributed by atoms with Gasteiger partial charge in [0.05, 0.1) is 15.2 Å². The van der Waals surface area contributed by atoms with Crippen LogP contribution in [0.5, 0.6) is 0 Å². The summed E-state index contributed by atoms with van der Waals surface area (Å²) in [6.07, 6.45) is 2.42. The van der Waals surface area contributed by atoms with Gasteiger partial charge >= 0.3 is 12.0 Å². The van der Waals surface area contributed by atoms with Crippen LogP contribution in [0.4, 0.5) is 4.79 Å². The molecule has 6 nitrogen and oxygen atoms in total. The number of aromatic nitrogens is 1. The third kappa shape index (κ3) is 3.98. The van der Waals surface area contributed by atoms with Crippen LogP contribution in [0.25, 0.3) is 10.2 Å². The fraction of sp³-hybridized carbons (Fsp3) is 0.526. The van der Waals surface area contributed by atoms with E-state index >= 15 is 0 Å². The van der Waals surface area contributed by atoms with Crippen LogP contribution >= 0.6 is 11.3 Å². The predicted molar refractivity (Wildman–Crippen MR) is 103 cm³/mol. The lowest BCUT2D eigenvalue weighted by molar-refractivity contribution is -0.140. The van der Waals surface area contributed by atoms with Crippen molar-refractivity contribution in [3.8, 4) is 0 Å². The zero-order valence-corrected chi connectivity index (χ0v) is 16.0. The van der Waals surface area contributed by atoms with Crippen LogP contribution in [-0.4, -0.2) is 46.1 Å². The number of nitrogens with zero attached hydrogens (tertiary/aromatic N) is 2. The predicted octanol–water partition coefficient (Wildman–Crippen LogP) is 3.68. The molecule has 1 aliphatic rings. The molecule has 0 unspecified atom stereocenters. The molecule has 3 rings (SSSR count). The van der Waals surface area contributed by atoms with Gasteiger partial charge in [-0.2, -0.15) is 0 Å². The van der Waals surface area contributed by atoms with Gasteiger partial charge in [0.2, 0.25) is 0 Å². The van der Waals surface area contributed by atoms with Gasteiger partial charge in [-0.15, -0.1) is 11.3 Å². The van der Waals surface area contributed by atoms with Crippen molar-refractivity contribution in [2.75, 3.05) is 13.1 Å². The Morgan fingerprint density at radius 2 is 2.04 bits per heavy atom. The maximum atomic E-state index is 12.5. The summed E-state index contributed by atoms with van der Waals surface area (Å²) in [6.45, 7) is 5.02. The number of rotatable bonds is 5. The topological polar surface area (TPSA) is 82.5 Å². The molecule has 1 aromatic heterocycles. The monoisotopic (exact) mass is 375 g/mol. The molecule has 1 saturated heterocycles. The summed E-state index contributed by atoms with van der Waals surface area (Å²) < 4.78 is 1.19. The van der Waals surface area contributed by atoms with Gasteiger partial charge in [-0.3, -0.25) is 0 Å². The minimum Gasteiger partial charge on any atom is -0.480 e. The first-order valence-corrected chi connectivity index (χ1v) is 9.95. The zero-order chi connectivity index (χ0) is 18.7. The van der Waals surface area contributed by atoms with Crippen molar-refractivity contribution in [1.29, 1.82) is 0 Å². The number of hydrogen-bond acceptors (Lipinski definition) is 4. The van der Waals surface area contributed by atoms with Crippen molar-refractivity contribution >= 4 is 33.6 Å². The van der Waals surface area contributed by atoms with E-state index in [2.05, 4.69) is 11.4 Å². The number of nitrogens with one attached hydrogen (secondary N) is 1. The SMILES string of the molecule is CC[C@H](C)[C@H](NC(=O)N1CCC(c2nc3ccccc3s2)CC1)C(=O)O. The number of fused-ring (bicyclic) bond motifs is 1.